The van der Waals surface area contributed by atoms with Crippen molar-refractivity contribution in [2.24, 2.45) is 5.92 Å². The molecule has 0 fully saturated rings. The van der Waals surface area contributed by atoms with E-state index in [9.17, 15) is 5.11 Å². The molecular weight excluding hydrogens is 386 g/mol. The van der Waals surface area contributed by atoms with Crippen LogP contribution in [-0.2, 0) is 4.74 Å². The number of nitriles is 2. The Hall–Kier alpha value is -1.14. The first-order valence-electron chi connectivity index (χ1n) is 12.9. The van der Waals surface area contributed by atoms with Gasteiger partial charge in [0.05, 0.1) is 39.4 Å². The van der Waals surface area contributed by atoms with Crippen molar-refractivity contribution in [2.75, 3.05) is 33.8 Å². The van der Waals surface area contributed by atoms with E-state index in [0.717, 1.165) is 17.6 Å². The van der Waals surface area contributed by atoms with Crippen molar-refractivity contribution in [3.8, 4) is 12.1 Å². The third-order valence-electron chi connectivity index (χ3n) is 6.17. The molecule has 1 N–H and O–H groups in total. The van der Waals surface area contributed by atoms with Gasteiger partial charge in [0.25, 0.3) is 0 Å². The van der Waals surface area contributed by atoms with E-state index in [-0.39, 0.29) is 0 Å². The predicted molar refractivity (Wildman–Crippen MR) is 128 cm³/mol. The molecule has 1 atom stereocenters. The fourth-order valence-corrected chi connectivity index (χ4v) is 3.87. The molecule has 0 aliphatic heterocycles. The first kappa shape index (κ1) is 29.9. The van der Waals surface area contributed by atoms with E-state index in [4.69, 9.17) is 15.3 Å². The molecule has 0 saturated heterocycles. The quantitative estimate of drug-likeness (QED) is 0.122. The van der Waals surface area contributed by atoms with Crippen molar-refractivity contribution < 1.29 is 14.3 Å². The van der Waals surface area contributed by atoms with E-state index < -0.39 is 12.2 Å². The lowest BCUT2D eigenvalue weighted by atomic mass is 10.0. The lowest BCUT2D eigenvalue weighted by molar-refractivity contribution is -0.891. The van der Waals surface area contributed by atoms with Gasteiger partial charge in [0, 0.05) is 0 Å². The zero-order valence-electron chi connectivity index (χ0n) is 20.8. The molecule has 0 bridgehead atoms. The highest BCUT2D eigenvalue weighted by Gasteiger charge is 2.21. The first-order chi connectivity index (χ1) is 15.0. The highest BCUT2D eigenvalue weighted by Crippen LogP contribution is 2.14. The largest absolute Gasteiger partial charge is 0.366 e. The zero-order chi connectivity index (χ0) is 23.2. The minimum absolute atomic E-state index is 0.354. The molecule has 1 unspecified atom stereocenters. The zero-order valence-corrected chi connectivity index (χ0v) is 20.8. The van der Waals surface area contributed by atoms with Gasteiger partial charge in [0.2, 0.25) is 0 Å². The van der Waals surface area contributed by atoms with Gasteiger partial charge in [0.15, 0.2) is 12.2 Å². The Balaban J connectivity index is 3.44. The number of rotatable bonds is 22. The average molecular weight is 437 g/mol. The summed E-state index contributed by atoms with van der Waals surface area (Å²) in [5.74, 6) is -1.11. The van der Waals surface area contributed by atoms with Gasteiger partial charge >= 0.3 is 0 Å². The van der Waals surface area contributed by atoms with E-state index in [1.54, 1.807) is 12.1 Å². The van der Waals surface area contributed by atoms with Crippen LogP contribution in [0.15, 0.2) is 0 Å². The third kappa shape index (κ3) is 19.3. The van der Waals surface area contributed by atoms with Gasteiger partial charge in [-0.05, 0) is 12.8 Å². The molecule has 0 amide bonds. The maximum Gasteiger partial charge on any atom is 0.184 e. The van der Waals surface area contributed by atoms with E-state index >= 15 is 0 Å². The van der Waals surface area contributed by atoms with Gasteiger partial charge in [-0.15, -0.1) is 0 Å². The summed E-state index contributed by atoms with van der Waals surface area (Å²) in [5.41, 5.74) is 0. The van der Waals surface area contributed by atoms with E-state index in [1.165, 1.54) is 103 Å². The summed E-state index contributed by atoms with van der Waals surface area (Å²) >= 11 is 0. The van der Waals surface area contributed by atoms with Crippen LogP contribution in [0.3, 0.4) is 0 Å². The number of hydrogen-bond donors (Lipinski definition) is 1. The number of unbranched alkanes of at least 4 members (excludes halogenated alkanes) is 15. The first-order valence-corrected chi connectivity index (χ1v) is 12.9. The fraction of sp³-hybridized carbons (Fsp3) is 0.923. The van der Waals surface area contributed by atoms with Crippen molar-refractivity contribution in [1.82, 2.24) is 0 Å². The molecule has 0 aromatic carbocycles. The maximum absolute atomic E-state index is 9.66. The number of ether oxygens (including phenoxy) is 1. The summed E-state index contributed by atoms with van der Waals surface area (Å²) in [7, 11) is 4.32. The highest BCUT2D eigenvalue weighted by molar-refractivity contribution is 5.00. The summed E-state index contributed by atoms with van der Waals surface area (Å²) in [5, 5.41) is 27.2. The Bertz CT molecular complexity index is 468. The lowest BCUT2D eigenvalue weighted by Crippen LogP contribution is -2.43. The monoisotopic (exact) mass is 436 g/mol. The molecule has 0 heterocycles. The summed E-state index contributed by atoms with van der Waals surface area (Å²) < 4.78 is 6.08. The van der Waals surface area contributed by atoms with Crippen LogP contribution in [0.2, 0.25) is 0 Å². The molecular formula is C26H50N3O2+. The average Bonchev–Trinajstić information content (AvgIpc) is 2.74. The van der Waals surface area contributed by atoms with Crippen LogP contribution in [0.4, 0.5) is 0 Å². The van der Waals surface area contributed by atoms with Gasteiger partial charge in [-0.25, -0.2) is 0 Å². The highest BCUT2D eigenvalue weighted by atomic mass is 16.6. The SMILES string of the molecule is CCCCCCCCCCCCCCCCCC[N+](C)(C)CCOC(O)C(C#N)C#N. The lowest BCUT2D eigenvalue weighted by Gasteiger charge is -2.30. The minimum atomic E-state index is -1.31. The Morgan fingerprint density at radius 3 is 1.45 bits per heavy atom. The normalized spacial score (nSPS) is 12.6. The minimum Gasteiger partial charge on any atom is -0.366 e. The number of nitrogens with zero attached hydrogens (tertiary/aromatic N) is 3. The third-order valence-corrected chi connectivity index (χ3v) is 6.17. The molecule has 0 spiro atoms. The van der Waals surface area contributed by atoms with Crippen molar-refractivity contribution in [1.29, 1.82) is 10.5 Å². The molecule has 0 aromatic heterocycles. The number of likely N-dealkylation sites (N-methyl/N-ethyl adjacent to an activating group) is 1. The van der Waals surface area contributed by atoms with Crippen LogP contribution in [0.25, 0.3) is 0 Å². The molecule has 0 saturated carbocycles. The second-order valence-electron chi connectivity index (χ2n) is 9.68. The number of aliphatic hydroxyl groups excluding tert-OH is 1. The molecule has 0 aromatic rings. The second kappa shape index (κ2) is 20.7. The molecule has 5 nitrogen and oxygen atoms in total. The van der Waals surface area contributed by atoms with Gasteiger partial charge in [0.1, 0.15) is 6.54 Å². The van der Waals surface area contributed by atoms with Crippen LogP contribution in [-0.4, -0.2) is 49.7 Å². The molecule has 0 rings (SSSR count). The van der Waals surface area contributed by atoms with Crippen molar-refractivity contribution in [3.05, 3.63) is 0 Å². The van der Waals surface area contributed by atoms with Crippen molar-refractivity contribution >= 4 is 0 Å². The van der Waals surface area contributed by atoms with Gasteiger partial charge in [-0.3, -0.25) is 0 Å². The van der Waals surface area contributed by atoms with Gasteiger partial charge < -0.3 is 14.3 Å². The van der Waals surface area contributed by atoms with Gasteiger partial charge in [-0.2, -0.15) is 10.5 Å². The van der Waals surface area contributed by atoms with Crippen LogP contribution in [0.1, 0.15) is 110 Å². The number of quaternary nitrogens is 1. The molecule has 180 valence electrons. The van der Waals surface area contributed by atoms with Gasteiger partial charge in [-0.1, -0.05) is 96.8 Å². The molecule has 0 radical (unpaired) electrons. The Morgan fingerprint density at radius 1 is 0.677 bits per heavy atom. The van der Waals surface area contributed by atoms with Crippen LogP contribution >= 0.6 is 0 Å². The maximum atomic E-state index is 9.66. The standard InChI is InChI=1S/C26H50N3O2/c1-4-5-6-7-8-9-10-11-12-13-14-15-16-17-18-19-20-29(2,3)21-22-31-26(30)25(23-27)24-28/h25-26,30H,4-22H2,1-3H3/q+1. The Kier molecular flexibility index (Phi) is 20.0. The summed E-state index contributed by atoms with van der Waals surface area (Å²) in [6.07, 6.45) is 20.8. The molecule has 0 aliphatic rings. The summed E-state index contributed by atoms with van der Waals surface area (Å²) in [6, 6.07) is 3.49. The Morgan fingerprint density at radius 2 is 1.06 bits per heavy atom. The van der Waals surface area contributed by atoms with Crippen LogP contribution in [0, 0.1) is 28.6 Å². The topological polar surface area (TPSA) is 77.0 Å². The second-order valence-corrected chi connectivity index (χ2v) is 9.68. The predicted octanol–water partition coefficient (Wildman–Crippen LogP) is 6.32. The van der Waals surface area contributed by atoms with Crippen molar-refractivity contribution in [3.63, 3.8) is 0 Å². The van der Waals surface area contributed by atoms with E-state index in [2.05, 4.69) is 21.0 Å². The van der Waals surface area contributed by atoms with E-state index in [1.807, 2.05) is 0 Å². The van der Waals surface area contributed by atoms with Crippen molar-refractivity contribution in [2.45, 2.75) is 116 Å². The van der Waals surface area contributed by atoms with E-state index in [0.29, 0.717) is 6.61 Å². The molecule has 31 heavy (non-hydrogen) atoms. The smallest absolute Gasteiger partial charge is 0.184 e. The van der Waals surface area contributed by atoms with Crippen LogP contribution < -0.4 is 0 Å². The molecule has 5 heteroatoms. The number of hydrogen-bond acceptors (Lipinski definition) is 4. The van der Waals surface area contributed by atoms with Crippen LogP contribution in [0.5, 0.6) is 0 Å². The number of aliphatic hydroxyl groups is 1. The summed E-state index contributed by atoms with van der Waals surface area (Å²) in [4.78, 5) is 0. The Labute approximate surface area is 193 Å². The molecule has 0 aliphatic carbocycles. The fourth-order valence-electron chi connectivity index (χ4n) is 3.87. The summed E-state index contributed by atoms with van der Waals surface area (Å²) in [6.45, 7) is 4.48.